The Hall–Kier alpha value is -0.392. The van der Waals surface area contributed by atoms with Crippen LogP contribution in [-0.4, -0.2) is 24.0 Å². The molecular weight excluding hydrogens is 336 g/mol. The van der Waals surface area contributed by atoms with Gasteiger partial charge in [0.2, 0.25) is 6.33 Å². The Morgan fingerprint density at radius 2 is 1.53 bits per heavy atom. The molecule has 0 aliphatic heterocycles. The van der Waals surface area contributed by atoms with Crippen molar-refractivity contribution in [2.45, 2.75) is 13.5 Å². The summed E-state index contributed by atoms with van der Waals surface area (Å²) in [5.74, 6) is 0. The van der Waals surface area contributed by atoms with Crippen molar-refractivity contribution < 1.29 is 21.4 Å². The van der Waals surface area contributed by atoms with Crippen molar-refractivity contribution in [2.24, 2.45) is 7.05 Å². The van der Waals surface area contributed by atoms with Crippen LogP contribution in [-0.2, 0) is 13.6 Å². The summed E-state index contributed by atoms with van der Waals surface area (Å²) < 4.78 is 63.7. The SMILES string of the molecule is CCn1cc[n+](C)c1.[F][Sb-]([F])([F])([F])([F])[F]. The van der Waals surface area contributed by atoms with Gasteiger partial charge in [0.25, 0.3) is 0 Å². The van der Waals surface area contributed by atoms with Crippen LogP contribution in [0.2, 0.25) is 0 Å². The zero-order chi connectivity index (χ0) is 12.4. The van der Waals surface area contributed by atoms with Gasteiger partial charge in [0.05, 0.1) is 13.6 Å². The number of aromatic nitrogens is 2. The molecule has 92 valence electrons. The number of aryl methyl sites for hydroxylation is 2. The normalized spacial score (nSPS) is 16.0. The van der Waals surface area contributed by atoms with Crippen molar-refractivity contribution in [1.82, 2.24) is 4.57 Å². The summed E-state index contributed by atoms with van der Waals surface area (Å²) in [6, 6.07) is 0. The molecule has 1 heterocycles. The van der Waals surface area contributed by atoms with Gasteiger partial charge in [-0.1, -0.05) is 0 Å². The van der Waals surface area contributed by atoms with E-state index >= 15 is 0 Å². The molecular formula is C6H11F6N2Sb. The average Bonchev–Trinajstić information content (AvgIpc) is 2.28. The van der Waals surface area contributed by atoms with Crippen LogP contribution in [0, 0.1) is 0 Å². The van der Waals surface area contributed by atoms with Gasteiger partial charge in [0.15, 0.2) is 0 Å². The summed E-state index contributed by atoms with van der Waals surface area (Å²) in [4.78, 5) is 0. The fourth-order valence-corrected chi connectivity index (χ4v) is 0.689. The molecule has 15 heavy (non-hydrogen) atoms. The third kappa shape index (κ3) is 16.3. The van der Waals surface area contributed by atoms with Crippen LogP contribution < -0.4 is 4.57 Å². The van der Waals surface area contributed by atoms with Gasteiger partial charge >= 0.3 is 36.4 Å². The predicted molar refractivity (Wildman–Crippen MR) is 43.7 cm³/mol. The van der Waals surface area contributed by atoms with Gasteiger partial charge in [-0.25, -0.2) is 9.13 Å². The summed E-state index contributed by atoms with van der Waals surface area (Å²) in [5.41, 5.74) is 0. The third-order valence-corrected chi connectivity index (χ3v) is 1.19. The number of hydrogen-bond acceptors (Lipinski definition) is 0. The Bertz CT molecular complexity index is 314. The molecule has 0 N–H and O–H groups in total. The van der Waals surface area contributed by atoms with Crippen molar-refractivity contribution in [3.8, 4) is 0 Å². The molecule has 9 heteroatoms. The predicted octanol–water partition coefficient (Wildman–Crippen LogP) is 2.47. The number of halogens is 6. The van der Waals surface area contributed by atoms with Gasteiger partial charge in [-0.2, -0.15) is 0 Å². The number of nitrogens with zero attached hydrogens (tertiary/aromatic N) is 2. The Kier molecular flexibility index (Phi) is 3.48. The third-order valence-electron chi connectivity index (χ3n) is 1.19. The maximum atomic E-state index is 9.93. The number of rotatable bonds is 1. The molecule has 1 rings (SSSR count). The zero-order valence-corrected chi connectivity index (χ0v) is 10.6. The van der Waals surface area contributed by atoms with Crippen molar-refractivity contribution in [3.63, 3.8) is 0 Å². The molecule has 0 bridgehead atoms. The van der Waals surface area contributed by atoms with E-state index in [1.54, 1.807) is 0 Å². The Balaban J connectivity index is 0.000000265. The standard InChI is InChI=1S/C6H11N2.6FH.Sb/c1-3-8-5-4-7(2)6-8;;;;;;;/h4-6H,3H2,1-2H3;6*1H;/q+1;;;;;;;+5/p-6. The van der Waals surface area contributed by atoms with Crippen LogP contribution in [0.15, 0.2) is 18.7 Å². The van der Waals surface area contributed by atoms with Crippen molar-refractivity contribution in [1.29, 1.82) is 0 Å². The van der Waals surface area contributed by atoms with E-state index in [2.05, 4.69) is 24.0 Å². The molecule has 0 radical (unpaired) electrons. The van der Waals surface area contributed by atoms with Crippen LogP contribution in [0.4, 0.5) is 16.9 Å². The number of imidazole rings is 1. The van der Waals surface area contributed by atoms with Crippen LogP contribution >= 0.6 is 0 Å². The van der Waals surface area contributed by atoms with E-state index in [1.807, 2.05) is 17.8 Å². The van der Waals surface area contributed by atoms with Crippen LogP contribution in [0.1, 0.15) is 6.92 Å². The van der Waals surface area contributed by atoms with E-state index in [-0.39, 0.29) is 0 Å². The molecule has 0 spiro atoms. The van der Waals surface area contributed by atoms with E-state index in [1.165, 1.54) is 0 Å². The first-order chi connectivity index (χ1) is 6.28. The molecule has 0 aliphatic carbocycles. The second-order valence-corrected chi connectivity index (χ2v) is 8.34. The molecule has 0 unspecified atom stereocenters. The molecule has 1 aromatic rings. The molecule has 0 saturated heterocycles. The van der Waals surface area contributed by atoms with Crippen LogP contribution in [0.25, 0.3) is 0 Å². The summed E-state index contributed by atoms with van der Waals surface area (Å²) in [6.45, 7) is 3.18. The first kappa shape index (κ1) is 14.6. The van der Waals surface area contributed by atoms with E-state index in [9.17, 15) is 16.9 Å². The van der Waals surface area contributed by atoms with Gasteiger partial charge in [-0.3, -0.25) is 0 Å². The minimum atomic E-state index is -11.2. The van der Waals surface area contributed by atoms with Gasteiger partial charge in [-0.15, -0.1) is 0 Å². The first-order valence-corrected chi connectivity index (χ1v) is 9.64. The zero-order valence-electron chi connectivity index (χ0n) is 8.05. The fraction of sp³-hybridized carbons (Fsp3) is 0.500. The quantitative estimate of drug-likeness (QED) is 0.419. The van der Waals surface area contributed by atoms with Crippen molar-refractivity contribution >= 4 is 19.5 Å². The summed E-state index contributed by atoms with van der Waals surface area (Å²) in [6.07, 6.45) is 6.14. The molecule has 0 atom stereocenters. The minimum absolute atomic E-state index is 1.06. The molecule has 0 amide bonds. The summed E-state index contributed by atoms with van der Waals surface area (Å²) in [7, 11) is 2.02. The van der Waals surface area contributed by atoms with E-state index in [0.29, 0.717) is 0 Å². The monoisotopic (exact) mass is 346 g/mol. The molecule has 0 fully saturated rings. The summed E-state index contributed by atoms with van der Waals surface area (Å²) >= 11 is -11.2. The van der Waals surface area contributed by atoms with Gasteiger partial charge in [-0.05, 0) is 6.92 Å². The Labute approximate surface area is 85.0 Å². The van der Waals surface area contributed by atoms with Gasteiger partial charge in [0.1, 0.15) is 12.4 Å². The molecule has 2 nitrogen and oxygen atoms in total. The first-order valence-electron chi connectivity index (χ1n) is 3.85. The summed E-state index contributed by atoms with van der Waals surface area (Å²) in [5, 5.41) is 0. The van der Waals surface area contributed by atoms with Crippen LogP contribution in [0.3, 0.4) is 0 Å². The second-order valence-electron chi connectivity index (χ2n) is 2.87. The van der Waals surface area contributed by atoms with Gasteiger partial charge < -0.3 is 0 Å². The van der Waals surface area contributed by atoms with E-state index in [0.717, 1.165) is 6.54 Å². The molecule has 0 aromatic carbocycles. The van der Waals surface area contributed by atoms with E-state index in [4.69, 9.17) is 0 Å². The van der Waals surface area contributed by atoms with Crippen molar-refractivity contribution in [2.75, 3.05) is 0 Å². The molecule has 0 aliphatic rings. The maximum absolute atomic E-state index is 11.2. The van der Waals surface area contributed by atoms with Crippen molar-refractivity contribution in [3.05, 3.63) is 18.7 Å². The topological polar surface area (TPSA) is 8.81 Å². The number of hydrogen-bond donors (Lipinski definition) is 0. The Morgan fingerprint density at radius 3 is 1.67 bits per heavy atom. The second kappa shape index (κ2) is 3.57. The Morgan fingerprint density at radius 1 is 1.13 bits per heavy atom. The van der Waals surface area contributed by atoms with Gasteiger partial charge in [0, 0.05) is 0 Å². The fourth-order valence-electron chi connectivity index (χ4n) is 0.689. The molecule has 1 aromatic heterocycles. The van der Waals surface area contributed by atoms with E-state index < -0.39 is 19.5 Å². The van der Waals surface area contributed by atoms with Crippen LogP contribution in [0.5, 0.6) is 0 Å². The average molecular weight is 347 g/mol. The molecule has 0 saturated carbocycles.